The molecule has 0 unspecified atom stereocenters. The summed E-state index contributed by atoms with van der Waals surface area (Å²) in [7, 11) is 0. The van der Waals surface area contributed by atoms with Crippen LogP contribution in [0.25, 0.3) is 0 Å². The lowest BCUT2D eigenvalue weighted by molar-refractivity contribution is -0.128. The quantitative estimate of drug-likeness (QED) is 0.761. The molecule has 5 nitrogen and oxygen atoms in total. The number of aliphatic imine (C=N–C) groups is 1. The third-order valence-electron chi connectivity index (χ3n) is 3.82. The number of nitrogens with zero attached hydrogens (tertiary/aromatic N) is 2. The third-order valence-corrected chi connectivity index (χ3v) is 5.52. The van der Waals surface area contributed by atoms with E-state index in [1.807, 2.05) is 61.5 Å². The first-order valence-corrected chi connectivity index (χ1v) is 9.91. The number of carbonyl (C=O) groups excluding carboxylic acids is 2. The van der Waals surface area contributed by atoms with Gasteiger partial charge in [-0.3, -0.25) is 14.5 Å². The van der Waals surface area contributed by atoms with Crippen LogP contribution in [0.4, 0.5) is 11.4 Å². The summed E-state index contributed by atoms with van der Waals surface area (Å²) in [4.78, 5) is 31.1. The molecule has 26 heavy (non-hydrogen) atoms. The van der Waals surface area contributed by atoms with E-state index in [0.29, 0.717) is 11.7 Å². The molecule has 0 bridgehead atoms. The number of benzene rings is 2. The minimum atomic E-state index is -0.451. The molecule has 1 saturated heterocycles. The zero-order valence-electron chi connectivity index (χ0n) is 14.2. The number of para-hydroxylation sites is 1. The molecule has 0 aliphatic carbocycles. The van der Waals surface area contributed by atoms with Gasteiger partial charge >= 0.3 is 0 Å². The smallest absolute Gasteiger partial charge is 0.242 e. The monoisotopic (exact) mass is 431 g/mol. The van der Waals surface area contributed by atoms with Crippen LogP contribution in [0, 0.1) is 0 Å². The number of amidine groups is 1. The molecule has 0 aromatic heterocycles. The van der Waals surface area contributed by atoms with Crippen LogP contribution in [0.1, 0.15) is 13.3 Å². The van der Waals surface area contributed by atoms with Crippen molar-refractivity contribution in [2.75, 3.05) is 11.9 Å². The summed E-state index contributed by atoms with van der Waals surface area (Å²) in [5.74, 6) is -0.250. The van der Waals surface area contributed by atoms with E-state index in [1.165, 1.54) is 11.8 Å². The second-order valence-corrected chi connectivity index (χ2v) is 7.76. The molecule has 1 aliphatic rings. The highest BCUT2D eigenvalue weighted by molar-refractivity contribution is 9.10. The molecule has 0 saturated carbocycles. The van der Waals surface area contributed by atoms with Crippen molar-refractivity contribution in [1.82, 2.24) is 4.90 Å². The zero-order valence-corrected chi connectivity index (χ0v) is 16.6. The number of thioether (sulfide) groups is 1. The summed E-state index contributed by atoms with van der Waals surface area (Å²) in [6.07, 6.45) is 0.119. The molecule has 2 amide bonds. The van der Waals surface area contributed by atoms with E-state index in [2.05, 4.69) is 26.2 Å². The second kappa shape index (κ2) is 8.51. The Labute approximate surface area is 165 Å². The van der Waals surface area contributed by atoms with Crippen molar-refractivity contribution >= 4 is 56.0 Å². The van der Waals surface area contributed by atoms with Crippen molar-refractivity contribution in [3.63, 3.8) is 0 Å². The Bertz CT molecular complexity index is 824. The molecule has 1 N–H and O–H groups in total. The maximum absolute atomic E-state index is 12.6. The first-order chi connectivity index (χ1) is 12.6. The van der Waals surface area contributed by atoms with Gasteiger partial charge < -0.3 is 5.32 Å². The molecule has 1 heterocycles. The van der Waals surface area contributed by atoms with Crippen molar-refractivity contribution < 1.29 is 9.59 Å². The molecule has 2 aromatic carbocycles. The number of halogens is 1. The molecule has 1 fully saturated rings. The molecular weight excluding hydrogens is 414 g/mol. The molecule has 3 rings (SSSR count). The topological polar surface area (TPSA) is 61.8 Å². The molecule has 1 aliphatic heterocycles. The number of hydrogen-bond donors (Lipinski definition) is 1. The van der Waals surface area contributed by atoms with Crippen LogP contribution in [0.2, 0.25) is 0 Å². The predicted octanol–water partition coefficient (Wildman–Crippen LogP) is 4.43. The number of hydrogen-bond acceptors (Lipinski definition) is 4. The van der Waals surface area contributed by atoms with Gasteiger partial charge in [-0.25, -0.2) is 4.99 Å². The molecule has 0 spiro atoms. The van der Waals surface area contributed by atoms with Gasteiger partial charge in [0.25, 0.3) is 0 Å². The Morgan fingerprint density at radius 2 is 1.88 bits per heavy atom. The lowest BCUT2D eigenvalue weighted by Crippen LogP contribution is -2.33. The Kier molecular flexibility index (Phi) is 6.11. The largest absolute Gasteiger partial charge is 0.326 e. The van der Waals surface area contributed by atoms with Gasteiger partial charge in [0, 0.05) is 23.1 Å². The Balaban J connectivity index is 1.70. The van der Waals surface area contributed by atoms with E-state index in [1.54, 1.807) is 4.90 Å². The highest BCUT2D eigenvalue weighted by Gasteiger charge is 2.38. The van der Waals surface area contributed by atoms with Gasteiger partial charge in [0.05, 0.1) is 5.69 Å². The maximum Gasteiger partial charge on any atom is 0.242 e. The van der Waals surface area contributed by atoms with E-state index < -0.39 is 5.25 Å². The van der Waals surface area contributed by atoms with Crippen molar-refractivity contribution in [3.05, 3.63) is 59.1 Å². The van der Waals surface area contributed by atoms with Crippen molar-refractivity contribution in [3.8, 4) is 0 Å². The van der Waals surface area contributed by atoms with E-state index in [0.717, 1.165) is 15.8 Å². The molecule has 2 aromatic rings. The van der Waals surface area contributed by atoms with Gasteiger partial charge in [-0.15, -0.1) is 0 Å². The van der Waals surface area contributed by atoms with Gasteiger partial charge in [-0.05, 0) is 43.3 Å². The standard InChI is InChI=1S/C19H18BrN3O2S/c1-2-23-18(25)16(12-17(24)21-14-6-4-3-5-7-14)26-19(23)22-15-10-8-13(20)9-11-15/h3-11,16H,2,12H2,1H3,(H,21,24)/t16-/m0/s1. The molecule has 0 radical (unpaired) electrons. The Hall–Kier alpha value is -2.12. The number of anilines is 1. The van der Waals surface area contributed by atoms with E-state index in [9.17, 15) is 9.59 Å². The van der Waals surface area contributed by atoms with E-state index >= 15 is 0 Å². The highest BCUT2D eigenvalue weighted by atomic mass is 79.9. The molecule has 1 atom stereocenters. The van der Waals surface area contributed by atoms with Crippen molar-refractivity contribution in [2.24, 2.45) is 4.99 Å². The van der Waals surface area contributed by atoms with Gasteiger partial charge in [-0.1, -0.05) is 45.9 Å². The first kappa shape index (κ1) is 18.7. The number of carbonyl (C=O) groups is 2. The van der Waals surface area contributed by atoms with Crippen LogP contribution in [0.3, 0.4) is 0 Å². The van der Waals surface area contributed by atoms with Crippen LogP contribution < -0.4 is 5.32 Å². The summed E-state index contributed by atoms with van der Waals surface area (Å²) in [6, 6.07) is 16.8. The van der Waals surface area contributed by atoms with Gasteiger partial charge in [0.15, 0.2) is 5.17 Å². The van der Waals surface area contributed by atoms with E-state index in [4.69, 9.17) is 0 Å². The minimum Gasteiger partial charge on any atom is -0.326 e. The first-order valence-electron chi connectivity index (χ1n) is 8.24. The number of amides is 2. The fourth-order valence-corrected chi connectivity index (χ4v) is 4.03. The third kappa shape index (κ3) is 4.53. The number of nitrogens with one attached hydrogen (secondary N) is 1. The summed E-state index contributed by atoms with van der Waals surface area (Å²) in [5, 5.41) is 3.01. The maximum atomic E-state index is 12.6. The van der Waals surface area contributed by atoms with Crippen molar-refractivity contribution in [1.29, 1.82) is 0 Å². The van der Waals surface area contributed by atoms with Crippen LogP contribution in [-0.2, 0) is 9.59 Å². The lowest BCUT2D eigenvalue weighted by atomic mass is 10.2. The summed E-state index contributed by atoms with van der Waals surface area (Å²) in [5.41, 5.74) is 1.50. The number of rotatable bonds is 5. The SMILES string of the molecule is CCN1C(=O)[C@H](CC(=O)Nc2ccccc2)SC1=Nc1ccc(Br)cc1. The summed E-state index contributed by atoms with van der Waals surface area (Å²) in [6.45, 7) is 2.43. The zero-order chi connectivity index (χ0) is 18.5. The van der Waals surface area contributed by atoms with Crippen molar-refractivity contribution in [2.45, 2.75) is 18.6 Å². The van der Waals surface area contributed by atoms with E-state index in [-0.39, 0.29) is 18.2 Å². The molecular formula is C19H18BrN3O2S. The fraction of sp³-hybridized carbons (Fsp3) is 0.211. The normalized spacial score (nSPS) is 18.4. The average Bonchev–Trinajstić information content (AvgIpc) is 2.92. The Morgan fingerprint density at radius 3 is 2.54 bits per heavy atom. The van der Waals surface area contributed by atoms with Gasteiger partial charge in [0.1, 0.15) is 5.25 Å². The minimum absolute atomic E-state index is 0.0726. The molecule has 134 valence electrons. The lowest BCUT2D eigenvalue weighted by Gasteiger charge is -2.13. The average molecular weight is 432 g/mol. The fourth-order valence-electron chi connectivity index (χ4n) is 2.54. The van der Waals surface area contributed by atoms with Gasteiger partial charge in [-0.2, -0.15) is 0 Å². The summed E-state index contributed by atoms with van der Waals surface area (Å²) >= 11 is 4.74. The van der Waals surface area contributed by atoms with Crippen LogP contribution >= 0.6 is 27.7 Å². The van der Waals surface area contributed by atoms with Gasteiger partial charge in [0.2, 0.25) is 11.8 Å². The second-order valence-electron chi connectivity index (χ2n) is 5.68. The van der Waals surface area contributed by atoms with Crippen LogP contribution in [-0.4, -0.2) is 33.7 Å². The van der Waals surface area contributed by atoms with Crippen LogP contribution in [0.15, 0.2) is 64.1 Å². The Morgan fingerprint density at radius 1 is 1.19 bits per heavy atom. The highest BCUT2D eigenvalue weighted by Crippen LogP contribution is 2.32. The predicted molar refractivity (Wildman–Crippen MR) is 110 cm³/mol. The summed E-state index contributed by atoms with van der Waals surface area (Å²) < 4.78 is 0.972. The van der Waals surface area contributed by atoms with Crippen LogP contribution in [0.5, 0.6) is 0 Å². The molecule has 7 heteroatoms.